The molecule has 0 heterocycles. The normalized spacial score (nSPS) is 12.9. The third-order valence-corrected chi connectivity index (χ3v) is 2.20. The van der Waals surface area contributed by atoms with E-state index in [2.05, 4.69) is 24.9 Å². The molecule has 1 unspecified atom stereocenters. The first-order chi connectivity index (χ1) is 5.74. The summed E-state index contributed by atoms with van der Waals surface area (Å²) < 4.78 is 0. The summed E-state index contributed by atoms with van der Waals surface area (Å²) in [6.45, 7) is 2.10. The molecular weight excluding hydrogens is 190 g/mol. The highest BCUT2D eigenvalue weighted by atomic mass is 35.5. The third-order valence-electron chi connectivity index (χ3n) is 1.77. The summed E-state index contributed by atoms with van der Waals surface area (Å²) in [6, 6.07) is 8.16. The van der Waals surface area contributed by atoms with Crippen LogP contribution in [0.4, 0.5) is 0 Å². The molecular formula is C9H12ClNS. The number of halogens is 1. The Balaban J connectivity index is 2.68. The molecule has 1 aromatic rings. The Morgan fingerprint density at radius 3 is 2.50 bits per heavy atom. The molecule has 0 saturated carbocycles. The van der Waals surface area contributed by atoms with Crippen molar-refractivity contribution in [2.45, 2.75) is 13.0 Å². The van der Waals surface area contributed by atoms with Crippen molar-refractivity contribution in [3.05, 3.63) is 34.9 Å². The number of benzene rings is 1. The summed E-state index contributed by atoms with van der Waals surface area (Å²) in [5.74, 6) is 0.684. The lowest BCUT2D eigenvalue weighted by Gasteiger charge is -2.11. The SMILES string of the molecule is CC(NCS)c1ccc(Cl)cc1. The molecule has 0 amide bonds. The second-order valence-electron chi connectivity index (χ2n) is 2.64. The molecule has 0 radical (unpaired) electrons. The predicted molar refractivity (Wildman–Crippen MR) is 56.9 cm³/mol. The van der Waals surface area contributed by atoms with Gasteiger partial charge in [-0.1, -0.05) is 23.7 Å². The lowest BCUT2D eigenvalue weighted by molar-refractivity contribution is 0.640. The van der Waals surface area contributed by atoms with Crippen LogP contribution in [-0.4, -0.2) is 5.88 Å². The van der Waals surface area contributed by atoms with Gasteiger partial charge in [-0.3, -0.25) is 0 Å². The van der Waals surface area contributed by atoms with Crippen LogP contribution in [0.25, 0.3) is 0 Å². The van der Waals surface area contributed by atoms with Crippen LogP contribution in [0.2, 0.25) is 5.02 Å². The molecule has 0 bridgehead atoms. The van der Waals surface area contributed by atoms with Crippen LogP contribution in [0.3, 0.4) is 0 Å². The molecule has 12 heavy (non-hydrogen) atoms. The van der Waals surface area contributed by atoms with Gasteiger partial charge in [-0.05, 0) is 24.6 Å². The molecule has 0 saturated heterocycles. The maximum Gasteiger partial charge on any atom is 0.0406 e. The van der Waals surface area contributed by atoms with Crippen LogP contribution in [0.1, 0.15) is 18.5 Å². The average Bonchev–Trinajstić information content (AvgIpc) is 2.06. The Bertz CT molecular complexity index is 235. The summed E-state index contributed by atoms with van der Waals surface area (Å²) >= 11 is 9.85. The van der Waals surface area contributed by atoms with Gasteiger partial charge in [0, 0.05) is 16.9 Å². The van der Waals surface area contributed by atoms with Crippen molar-refractivity contribution in [2.24, 2.45) is 0 Å². The van der Waals surface area contributed by atoms with Gasteiger partial charge in [-0.2, -0.15) is 12.6 Å². The molecule has 0 aromatic heterocycles. The molecule has 1 rings (SSSR count). The molecule has 0 aliphatic carbocycles. The van der Waals surface area contributed by atoms with Gasteiger partial charge in [0.25, 0.3) is 0 Å². The van der Waals surface area contributed by atoms with Crippen LogP contribution in [-0.2, 0) is 0 Å². The van der Waals surface area contributed by atoms with Crippen LogP contribution in [0.5, 0.6) is 0 Å². The van der Waals surface area contributed by atoms with Crippen LogP contribution >= 0.6 is 24.2 Å². The molecule has 1 nitrogen and oxygen atoms in total. The van der Waals surface area contributed by atoms with Gasteiger partial charge in [0.15, 0.2) is 0 Å². The Labute approximate surface area is 83.5 Å². The highest BCUT2D eigenvalue weighted by Gasteiger charge is 2.01. The molecule has 0 fully saturated rings. The number of hydrogen-bond acceptors (Lipinski definition) is 2. The molecule has 0 aliphatic heterocycles. The zero-order valence-electron chi connectivity index (χ0n) is 6.92. The maximum atomic E-state index is 5.76. The van der Waals surface area contributed by atoms with E-state index in [1.165, 1.54) is 5.56 Å². The van der Waals surface area contributed by atoms with Gasteiger partial charge in [0.2, 0.25) is 0 Å². The van der Waals surface area contributed by atoms with Crippen molar-refractivity contribution in [1.82, 2.24) is 5.32 Å². The summed E-state index contributed by atoms with van der Waals surface area (Å²) in [7, 11) is 0. The molecule has 0 aliphatic rings. The van der Waals surface area contributed by atoms with E-state index in [9.17, 15) is 0 Å². The van der Waals surface area contributed by atoms with Gasteiger partial charge in [-0.25, -0.2) is 0 Å². The fraction of sp³-hybridized carbons (Fsp3) is 0.333. The molecule has 3 heteroatoms. The first-order valence-corrected chi connectivity index (χ1v) is 4.85. The van der Waals surface area contributed by atoms with E-state index in [1.54, 1.807) is 0 Å². The van der Waals surface area contributed by atoms with E-state index < -0.39 is 0 Å². The quantitative estimate of drug-likeness (QED) is 0.566. The smallest absolute Gasteiger partial charge is 0.0406 e. The van der Waals surface area contributed by atoms with E-state index >= 15 is 0 Å². The monoisotopic (exact) mass is 201 g/mol. The Kier molecular flexibility index (Phi) is 3.92. The van der Waals surface area contributed by atoms with Crippen molar-refractivity contribution in [2.75, 3.05) is 5.88 Å². The highest BCUT2D eigenvalue weighted by Crippen LogP contribution is 2.15. The van der Waals surface area contributed by atoms with Crippen molar-refractivity contribution in [3.63, 3.8) is 0 Å². The van der Waals surface area contributed by atoms with Gasteiger partial charge in [0.05, 0.1) is 0 Å². The second kappa shape index (κ2) is 4.75. The number of thiol groups is 1. The van der Waals surface area contributed by atoms with Crippen molar-refractivity contribution in [1.29, 1.82) is 0 Å². The molecule has 0 spiro atoms. The van der Waals surface area contributed by atoms with Gasteiger partial charge >= 0.3 is 0 Å². The average molecular weight is 202 g/mol. The first-order valence-electron chi connectivity index (χ1n) is 3.83. The largest absolute Gasteiger partial charge is 0.301 e. The molecule has 66 valence electrons. The Morgan fingerprint density at radius 1 is 1.42 bits per heavy atom. The van der Waals surface area contributed by atoms with E-state index in [4.69, 9.17) is 11.6 Å². The zero-order valence-corrected chi connectivity index (χ0v) is 8.57. The minimum Gasteiger partial charge on any atom is -0.301 e. The predicted octanol–water partition coefficient (Wildman–Crippen LogP) is 2.88. The molecule has 1 aromatic carbocycles. The lowest BCUT2D eigenvalue weighted by Crippen LogP contribution is -2.16. The standard InChI is InChI=1S/C9H12ClNS/c1-7(11-6-12)8-2-4-9(10)5-3-8/h2-5,7,11-12H,6H2,1H3. The van der Waals surface area contributed by atoms with Gasteiger partial charge in [0.1, 0.15) is 0 Å². The summed E-state index contributed by atoms with van der Waals surface area (Å²) in [4.78, 5) is 0. The summed E-state index contributed by atoms with van der Waals surface area (Å²) in [6.07, 6.45) is 0. The van der Waals surface area contributed by atoms with Crippen LogP contribution < -0.4 is 5.32 Å². The van der Waals surface area contributed by atoms with Gasteiger partial charge in [-0.15, -0.1) is 0 Å². The fourth-order valence-electron chi connectivity index (χ4n) is 1.01. The highest BCUT2D eigenvalue weighted by molar-refractivity contribution is 7.80. The van der Waals surface area contributed by atoms with Crippen molar-refractivity contribution < 1.29 is 0 Å². The molecule has 1 atom stereocenters. The first kappa shape index (κ1) is 9.90. The molecule has 1 N–H and O–H groups in total. The number of hydrogen-bond donors (Lipinski definition) is 2. The number of rotatable bonds is 3. The third kappa shape index (κ3) is 2.70. The second-order valence-corrected chi connectivity index (χ2v) is 3.39. The van der Waals surface area contributed by atoms with E-state index in [-0.39, 0.29) is 0 Å². The number of nitrogens with one attached hydrogen (secondary N) is 1. The van der Waals surface area contributed by atoms with Crippen molar-refractivity contribution in [3.8, 4) is 0 Å². The zero-order chi connectivity index (χ0) is 8.97. The summed E-state index contributed by atoms with van der Waals surface area (Å²) in [5.41, 5.74) is 1.23. The summed E-state index contributed by atoms with van der Waals surface area (Å²) in [5, 5.41) is 3.98. The van der Waals surface area contributed by atoms with E-state index in [0.29, 0.717) is 11.9 Å². The lowest BCUT2D eigenvalue weighted by atomic mass is 10.1. The van der Waals surface area contributed by atoms with Crippen LogP contribution in [0, 0.1) is 0 Å². The topological polar surface area (TPSA) is 12.0 Å². The Hall–Kier alpha value is -0.180. The maximum absolute atomic E-state index is 5.76. The minimum atomic E-state index is 0.333. The van der Waals surface area contributed by atoms with Crippen LogP contribution in [0.15, 0.2) is 24.3 Å². The van der Waals surface area contributed by atoms with Gasteiger partial charge < -0.3 is 5.32 Å². The Morgan fingerprint density at radius 2 is 2.00 bits per heavy atom. The van der Waals surface area contributed by atoms with E-state index in [0.717, 1.165) is 5.02 Å². The minimum absolute atomic E-state index is 0.333. The van der Waals surface area contributed by atoms with E-state index in [1.807, 2.05) is 24.3 Å². The van der Waals surface area contributed by atoms with Crippen molar-refractivity contribution >= 4 is 24.2 Å². The fourth-order valence-corrected chi connectivity index (χ4v) is 1.41.